The molecule has 0 aliphatic heterocycles. The molecule has 2 aromatic rings. The van der Waals surface area contributed by atoms with Crippen molar-refractivity contribution in [3.8, 4) is 12.1 Å². The number of benzene rings is 2. The molecule has 0 aliphatic carbocycles. The molecule has 0 fully saturated rings. The molecule has 0 N–H and O–H groups in total. The molecule has 0 bridgehead atoms. The van der Waals surface area contributed by atoms with Crippen LogP contribution < -0.4 is 0 Å². The van der Waals surface area contributed by atoms with Gasteiger partial charge in [-0.3, -0.25) is 0 Å². The van der Waals surface area contributed by atoms with Gasteiger partial charge in [-0.25, -0.2) is 8.78 Å². The van der Waals surface area contributed by atoms with Gasteiger partial charge in [-0.05, 0) is 37.3 Å². The number of rotatable bonds is 0. The van der Waals surface area contributed by atoms with E-state index >= 15 is 0 Å². The minimum atomic E-state index is -0.427. The SMILES string of the molecule is Cc1c(F)ccc(C#N)c1Cl.N#Cc1ccc(F)cc1Cl. The van der Waals surface area contributed by atoms with Crippen molar-refractivity contribution in [1.29, 1.82) is 10.5 Å². The average molecular weight is 325 g/mol. The largest absolute Gasteiger partial charge is 0.207 e. The van der Waals surface area contributed by atoms with Crippen molar-refractivity contribution in [2.24, 2.45) is 0 Å². The molecule has 106 valence electrons. The lowest BCUT2D eigenvalue weighted by molar-refractivity contribution is 0.618. The molecule has 0 radical (unpaired) electrons. The van der Waals surface area contributed by atoms with Gasteiger partial charge in [-0.2, -0.15) is 10.5 Å². The summed E-state index contributed by atoms with van der Waals surface area (Å²) in [6.45, 7) is 1.54. The van der Waals surface area contributed by atoms with Crippen LogP contribution in [0.25, 0.3) is 0 Å². The molecule has 0 atom stereocenters. The second kappa shape index (κ2) is 7.59. The van der Waals surface area contributed by atoms with Gasteiger partial charge in [0.1, 0.15) is 23.8 Å². The van der Waals surface area contributed by atoms with E-state index in [4.69, 9.17) is 33.7 Å². The van der Waals surface area contributed by atoms with Crippen LogP contribution in [0.4, 0.5) is 8.78 Å². The van der Waals surface area contributed by atoms with E-state index in [1.54, 1.807) is 6.92 Å². The molecule has 2 nitrogen and oxygen atoms in total. The molecule has 0 aromatic heterocycles. The zero-order chi connectivity index (χ0) is 16.0. The van der Waals surface area contributed by atoms with Crippen LogP contribution in [0, 0.1) is 41.2 Å². The fourth-order valence-electron chi connectivity index (χ4n) is 1.33. The Morgan fingerprint density at radius 1 is 0.952 bits per heavy atom. The molecule has 0 unspecified atom stereocenters. The lowest BCUT2D eigenvalue weighted by Gasteiger charge is -1.99. The predicted octanol–water partition coefficient (Wildman–Crippen LogP) is 5.01. The quantitative estimate of drug-likeness (QED) is 0.683. The fourth-order valence-corrected chi connectivity index (χ4v) is 1.73. The molecule has 2 aromatic carbocycles. The minimum absolute atomic E-state index is 0.155. The van der Waals surface area contributed by atoms with Crippen LogP contribution in [0.5, 0.6) is 0 Å². The molecule has 2 rings (SSSR count). The highest BCUT2D eigenvalue weighted by atomic mass is 35.5. The van der Waals surface area contributed by atoms with Crippen LogP contribution in [0.3, 0.4) is 0 Å². The van der Waals surface area contributed by atoms with E-state index in [0.29, 0.717) is 16.7 Å². The lowest BCUT2D eigenvalue weighted by atomic mass is 10.1. The Morgan fingerprint density at radius 2 is 1.52 bits per heavy atom. The molecule has 21 heavy (non-hydrogen) atoms. The second-order valence-corrected chi connectivity index (χ2v) is 4.67. The molecule has 0 heterocycles. The molecule has 0 amide bonds. The van der Waals surface area contributed by atoms with Crippen molar-refractivity contribution >= 4 is 23.2 Å². The normalized spacial score (nSPS) is 9.10. The van der Waals surface area contributed by atoms with E-state index in [9.17, 15) is 8.78 Å². The zero-order valence-corrected chi connectivity index (χ0v) is 12.3. The first-order valence-corrected chi connectivity index (χ1v) is 6.36. The predicted molar refractivity (Wildman–Crippen MR) is 77.0 cm³/mol. The van der Waals surface area contributed by atoms with E-state index in [1.807, 2.05) is 12.1 Å². The summed E-state index contributed by atoms with van der Waals surface area (Å²) in [6, 6.07) is 9.95. The van der Waals surface area contributed by atoms with Gasteiger partial charge in [0.2, 0.25) is 0 Å². The smallest absolute Gasteiger partial charge is 0.127 e. The van der Waals surface area contributed by atoms with Gasteiger partial charge < -0.3 is 0 Å². The fraction of sp³-hybridized carbons (Fsp3) is 0.0667. The Labute approximate surface area is 130 Å². The maximum absolute atomic E-state index is 12.7. The first-order valence-electron chi connectivity index (χ1n) is 5.60. The summed E-state index contributed by atoms with van der Waals surface area (Å²) in [5, 5.41) is 17.2. The highest BCUT2D eigenvalue weighted by Gasteiger charge is 2.06. The summed E-state index contributed by atoms with van der Waals surface area (Å²) in [5.41, 5.74) is 0.930. The molecular formula is C15H8Cl2F2N2. The monoisotopic (exact) mass is 324 g/mol. The maximum Gasteiger partial charge on any atom is 0.127 e. The molecule has 0 spiro atoms. The van der Waals surface area contributed by atoms with Gasteiger partial charge in [0, 0.05) is 5.56 Å². The number of hydrogen-bond donors (Lipinski definition) is 0. The van der Waals surface area contributed by atoms with Gasteiger partial charge in [0.25, 0.3) is 0 Å². The number of nitriles is 2. The number of nitrogens with zero attached hydrogens (tertiary/aromatic N) is 2. The number of halogens is 4. The Morgan fingerprint density at radius 3 is 2.05 bits per heavy atom. The first-order chi connectivity index (χ1) is 9.90. The Kier molecular flexibility index (Phi) is 6.11. The molecule has 0 saturated carbocycles. The van der Waals surface area contributed by atoms with Crippen LogP contribution in [0.1, 0.15) is 16.7 Å². The molecule has 0 aliphatic rings. The van der Waals surface area contributed by atoms with Crippen molar-refractivity contribution in [2.75, 3.05) is 0 Å². The van der Waals surface area contributed by atoms with Crippen molar-refractivity contribution in [2.45, 2.75) is 6.92 Å². The lowest BCUT2D eigenvalue weighted by Crippen LogP contribution is -1.86. The molecule has 6 heteroatoms. The third-order valence-electron chi connectivity index (χ3n) is 2.49. The number of hydrogen-bond acceptors (Lipinski definition) is 2. The Hall–Kier alpha value is -2.14. The van der Waals surface area contributed by atoms with Gasteiger partial charge in [-0.1, -0.05) is 23.2 Å². The van der Waals surface area contributed by atoms with E-state index in [-0.39, 0.29) is 15.9 Å². The summed E-state index contributed by atoms with van der Waals surface area (Å²) in [7, 11) is 0. The standard InChI is InChI=1S/C8H5ClFN.C7H3ClFN/c1-5-7(10)3-2-6(4-11)8(5)9;8-7-3-6(9)2-1-5(7)4-10/h2-3H,1H3;1-3H. The van der Waals surface area contributed by atoms with E-state index in [1.165, 1.54) is 24.3 Å². The molecular weight excluding hydrogens is 317 g/mol. The van der Waals surface area contributed by atoms with Crippen molar-refractivity contribution in [3.05, 3.63) is 68.7 Å². The second-order valence-electron chi connectivity index (χ2n) is 3.88. The van der Waals surface area contributed by atoms with Crippen LogP contribution in [-0.4, -0.2) is 0 Å². The summed E-state index contributed by atoms with van der Waals surface area (Å²) >= 11 is 11.1. The van der Waals surface area contributed by atoms with Crippen molar-refractivity contribution in [3.63, 3.8) is 0 Å². The topological polar surface area (TPSA) is 47.6 Å². The summed E-state index contributed by atoms with van der Waals surface area (Å²) in [6.07, 6.45) is 0. The third kappa shape index (κ3) is 4.43. The van der Waals surface area contributed by atoms with Gasteiger partial charge in [0.05, 0.1) is 21.2 Å². The summed E-state index contributed by atoms with van der Waals surface area (Å²) < 4.78 is 25.0. The van der Waals surface area contributed by atoms with Gasteiger partial charge in [0.15, 0.2) is 0 Å². The van der Waals surface area contributed by atoms with Crippen LogP contribution in [0.15, 0.2) is 30.3 Å². The zero-order valence-electron chi connectivity index (χ0n) is 10.8. The summed E-state index contributed by atoms with van der Waals surface area (Å²) in [4.78, 5) is 0. The van der Waals surface area contributed by atoms with Gasteiger partial charge in [-0.15, -0.1) is 0 Å². The van der Waals surface area contributed by atoms with Crippen LogP contribution in [0.2, 0.25) is 10.0 Å². The highest BCUT2D eigenvalue weighted by Crippen LogP contribution is 2.21. The highest BCUT2D eigenvalue weighted by molar-refractivity contribution is 6.32. The third-order valence-corrected chi connectivity index (χ3v) is 3.29. The van der Waals surface area contributed by atoms with Crippen molar-refractivity contribution in [1.82, 2.24) is 0 Å². The average Bonchev–Trinajstić information content (AvgIpc) is 2.46. The van der Waals surface area contributed by atoms with E-state index < -0.39 is 5.82 Å². The van der Waals surface area contributed by atoms with Crippen molar-refractivity contribution < 1.29 is 8.78 Å². The van der Waals surface area contributed by atoms with Gasteiger partial charge >= 0.3 is 0 Å². The van der Waals surface area contributed by atoms with E-state index in [0.717, 1.165) is 6.07 Å². The Balaban J connectivity index is 0.000000211. The van der Waals surface area contributed by atoms with E-state index in [2.05, 4.69) is 0 Å². The minimum Gasteiger partial charge on any atom is -0.207 e. The van der Waals surface area contributed by atoms with Crippen LogP contribution >= 0.6 is 23.2 Å². The maximum atomic E-state index is 12.7. The Bertz CT molecular complexity index is 747. The first kappa shape index (κ1) is 16.9. The molecule has 0 saturated heterocycles. The van der Waals surface area contributed by atoms with Crippen LogP contribution in [-0.2, 0) is 0 Å². The summed E-state index contributed by atoms with van der Waals surface area (Å²) in [5.74, 6) is -0.807.